The van der Waals surface area contributed by atoms with E-state index in [2.05, 4.69) is 11.4 Å². The van der Waals surface area contributed by atoms with Crippen molar-refractivity contribution in [2.24, 2.45) is 5.41 Å². The van der Waals surface area contributed by atoms with E-state index in [1.807, 2.05) is 35.8 Å². The number of benzene rings is 3. The number of nitrogens with zero attached hydrogens (tertiary/aromatic N) is 2. The summed E-state index contributed by atoms with van der Waals surface area (Å²) in [5.41, 5.74) is 4.88. The van der Waals surface area contributed by atoms with E-state index in [0.717, 1.165) is 36.1 Å². The minimum absolute atomic E-state index is 0.00878. The molecule has 3 aromatic carbocycles. The van der Waals surface area contributed by atoms with Crippen LogP contribution in [0.5, 0.6) is 0 Å². The number of fused-ring (bicyclic) bond motifs is 2. The van der Waals surface area contributed by atoms with E-state index in [1.165, 1.54) is 0 Å². The number of nitrogens with one attached hydrogen (secondary N) is 1. The molecule has 3 aliphatic rings. The molecule has 7 heteroatoms. The summed E-state index contributed by atoms with van der Waals surface area (Å²) in [6.45, 7) is 6.59. The lowest BCUT2D eigenvalue weighted by Gasteiger charge is -2.39. The first-order chi connectivity index (χ1) is 18.7. The fraction of sp³-hybridized carbons (Fsp3) is 0.312. The molecule has 0 radical (unpaired) electrons. The molecule has 7 nitrogen and oxygen atoms in total. The Bertz CT molecular complexity index is 1530. The average Bonchev–Trinajstić information content (AvgIpc) is 3.36. The summed E-state index contributed by atoms with van der Waals surface area (Å²) in [4.78, 5) is 56.1. The zero-order valence-corrected chi connectivity index (χ0v) is 22.3. The molecule has 2 saturated heterocycles. The maximum atomic E-state index is 13.5. The molecule has 0 atom stereocenters. The van der Waals surface area contributed by atoms with Crippen molar-refractivity contribution in [1.82, 2.24) is 9.80 Å². The van der Waals surface area contributed by atoms with Crippen LogP contribution in [-0.4, -0.2) is 59.5 Å². The van der Waals surface area contributed by atoms with Gasteiger partial charge in [0.05, 0.1) is 0 Å². The molecule has 2 fully saturated rings. The Labute approximate surface area is 227 Å². The Morgan fingerprint density at radius 1 is 0.744 bits per heavy atom. The number of hydrogen-bond acceptors (Lipinski definition) is 4. The summed E-state index contributed by atoms with van der Waals surface area (Å²) in [7, 11) is 0. The SMILES string of the molecule is Cc1ccc(NC(=O)N2CCC3(CC2)CCN(C(=O)c2ccc4c(c2)C(=O)c2ccccc2C4=O)C3)c(C)c1. The minimum Gasteiger partial charge on any atom is -0.338 e. The monoisotopic (exact) mass is 521 g/mol. The van der Waals surface area contributed by atoms with E-state index < -0.39 is 0 Å². The molecule has 0 bridgehead atoms. The van der Waals surface area contributed by atoms with Gasteiger partial charge in [0.2, 0.25) is 0 Å². The third-order valence-electron chi connectivity index (χ3n) is 8.63. The fourth-order valence-electron chi connectivity index (χ4n) is 6.26. The molecule has 2 heterocycles. The molecule has 2 aliphatic heterocycles. The van der Waals surface area contributed by atoms with Crippen molar-refractivity contribution in [2.45, 2.75) is 33.1 Å². The van der Waals surface area contributed by atoms with Gasteiger partial charge >= 0.3 is 6.03 Å². The summed E-state index contributed by atoms with van der Waals surface area (Å²) < 4.78 is 0. The van der Waals surface area contributed by atoms with Crippen molar-refractivity contribution in [2.75, 3.05) is 31.5 Å². The lowest BCUT2D eigenvalue weighted by atomic mass is 9.78. The highest BCUT2D eigenvalue weighted by Crippen LogP contribution is 2.41. The van der Waals surface area contributed by atoms with Gasteiger partial charge in [0.15, 0.2) is 11.6 Å². The Balaban J connectivity index is 1.11. The van der Waals surface area contributed by atoms with E-state index >= 15 is 0 Å². The van der Waals surface area contributed by atoms with E-state index in [4.69, 9.17) is 0 Å². The Hall–Kier alpha value is -4.26. The zero-order valence-electron chi connectivity index (χ0n) is 22.3. The predicted octanol–water partition coefficient (Wildman–Crippen LogP) is 5.24. The Kier molecular flexibility index (Phi) is 6.09. The number of carbonyl (C=O) groups excluding carboxylic acids is 4. The van der Waals surface area contributed by atoms with Crippen LogP contribution in [0, 0.1) is 19.3 Å². The van der Waals surface area contributed by atoms with Gasteiger partial charge in [-0.25, -0.2) is 4.79 Å². The molecule has 0 aromatic heterocycles. The van der Waals surface area contributed by atoms with Gasteiger partial charge in [-0.1, -0.05) is 42.0 Å². The third kappa shape index (κ3) is 4.42. The summed E-state index contributed by atoms with van der Waals surface area (Å²) in [5, 5.41) is 3.04. The van der Waals surface area contributed by atoms with Gasteiger partial charge < -0.3 is 15.1 Å². The van der Waals surface area contributed by atoms with Crippen molar-refractivity contribution < 1.29 is 19.2 Å². The van der Waals surface area contributed by atoms with Crippen LogP contribution in [0.4, 0.5) is 10.5 Å². The van der Waals surface area contributed by atoms with Crippen LogP contribution in [0.25, 0.3) is 0 Å². The number of anilines is 1. The van der Waals surface area contributed by atoms with Crippen molar-refractivity contribution in [3.05, 3.63) is 99.6 Å². The molecule has 3 aromatic rings. The maximum absolute atomic E-state index is 13.5. The number of amides is 3. The summed E-state index contributed by atoms with van der Waals surface area (Å²) >= 11 is 0. The summed E-state index contributed by atoms with van der Waals surface area (Å²) in [6, 6.07) is 17.6. The number of likely N-dealkylation sites (tertiary alicyclic amines) is 2. The number of carbonyl (C=O) groups is 4. The lowest BCUT2D eigenvalue weighted by molar-refractivity contribution is 0.0739. The molecule has 3 amide bonds. The summed E-state index contributed by atoms with van der Waals surface area (Å²) in [6.07, 6.45) is 2.57. The highest BCUT2D eigenvalue weighted by atomic mass is 16.2. The number of hydrogen-bond donors (Lipinski definition) is 1. The second kappa shape index (κ2) is 9.49. The highest BCUT2D eigenvalue weighted by molar-refractivity contribution is 6.28. The number of rotatable bonds is 2. The van der Waals surface area contributed by atoms with E-state index in [1.54, 1.807) is 42.5 Å². The van der Waals surface area contributed by atoms with Crippen LogP contribution in [0.2, 0.25) is 0 Å². The zero-order chi connectivity index (χ0) is 27.3. The molecule has 1 N–H and O–H groups in total. The third-order valence-corrected chi connectivity index (χ3v) is 8.63. The van der Waals surface area contributed by atoms with Gasteiger partial charge in [-0.3, -0.25) is 14.4 Å². The van der Waals surface area contributed by atoms with Gasteiger partial charge in [0.25, 0.3) is 5.91 Å². The molecular weight excluding hydrogens is 490 g/mol. The highest BCUT2D eigenvalue weighted by Gasteiger charge is 2.43. The number of piperidine rings is 1. The molecular formula is C32H31N3O4. The van der Waals surface area contributed by atoms with Gasteiger partial charge in [-0.15, -0.1) is 0 Å². The van der Waals surface area contributed by atoms with E-state index in [-0.39, 0.29) is 28.9 Å². The second-order valence-corrected chi connectivity index (χ2v) is 11.2. The van der Waals surface area contributed by atoms with Crippen molar-refractivity contribution >= 4 is 29.2 Å². The number of aryl methyl sites for hydroxylation is 2. The van der Waals surface area contributed by atoms with Gasteiger partial charge in [-0.2, -0.15) is 0 Å². The van der Waals surface area contributed by atoms with Crippen LogP contribution >= 0.6 is 0 Å². The van der Waals surface area contributed by atoms with Gasteiger partial charge in [0.1, 0.15) is 0 Å². The first-order valence-corrected chi connectivity index (χ1v) is 13.5. The Morgan fingerprint density at radius 2 is 1.36 bits per heavy atom. The van der Waals surface area contributed by atoms with Crippen molar-refractivity contribution in [3.63, 3.8) is 0 Å². The summed E-state index contributed by atoms with van der Waals surface area (Å²) in [5.74, 6) is -0.532. The largest absolute Gasteiger partial charge is 0.338 e. The van der Waals surface area contributed by atoms with Crippen LogP contribution in [-0.2, 0) is 0 Å². The van der Waals surface area contributed by atoms with Gasteiger partial charge in [0, 0.05) is 59.7 Å². The number of ketones is 2. The first kappa shape index (κ1) is 25.0. The second-order valence-electron chi connectivity index (χ2n) is 11.2. The average molecular weight is 522 g/mol. The molecule has 0 saturated carbocycles. The molecule has 1 spiro atoms. The molecule has 0 unspecified atom stereocenters. The Morgan fingerprint density at radius 3 is 2.03 bits per heavy atom. The van der Waals surface area contributed by atoms with E-state index in [9.17, 15) is 19.2 Å². The van der Waals surface area contributed by atoms with Crippen LogP contribution < -0.4 is 5.32 Å². The molecule has 6 rings (SSSR count). The van der Waals surface area contributed by atoms with Gasteiger partial charge in [-0.05, 0) is 68.4 Å². The van der Waals surface area contributed by atoms with Crippen molar-refractivity contribution in [3.8, 4) is 0 Å². The van der Waals surface area contributed by atoms with Crippen LogP contribution in [0.3, 0.4) is 0 Å². The fourth-order valence-corrected chi connectivity index (χ4v) is 6.26. The lowest BCUT2D eigenvalue weighted by Crippen LogP contribution is -2.46. The molecule has 198 valence electrons. The molecule has 1 aliphatic carbocycles. The van der Waals surface area contributed by atoms with Crippen molar-refractivity contribution in [1.29, 1.82) is 0 Å². The topological polar surface area (TPSA) is 86.8 Å². The smallest absolute Gasteiger partial charge is 0.321 e. The van der Waals surface area contributed by atoms with E-state index in [0.29, 0.717) is 54.0 Å². The first-order valence-electron chi connectivity index (χ1n) is 13.5. The number of urea groups is 1. The standard InChI is InChI=1S/C32H31N3O4/c1-20-7-10-27(21(2)17-20)33-31(39)34-14-11-32(12-15-34)13-16-35(19-32)30(38)22-8-9-25-26(18-22)29(37)24-6-4-3-5-23(24)28(25)36/h3-10,17-18H,11-16,19H2,1-2H3,(H,33,39). The maximum Gasteiger partial charge on any atom is 0.321 e. The normalized spacial score (nSPS) is 17.7. The van der Waals surface area contributed by atoms with Crippen LogP contribution in [0.1, 0.15) is 72.6 Å². The van der Waals surface area contributed by atoms with Crippen LogP contribution in [0.15, 0.2) is 60.7 Å². The quantitative estimate of drug-likeness (QED) is 0.391. The predicted molar refractivity (Wildman–Crippen MR) is 148 cm³/mol. The molecule has 39 heavy (non-hydrogen) atoms. The minimum atomic E-state index is -0.223.